The van der Waals surface area contributed by atoms with E-state index in [9.17, 15) is 4.79 Å². The topological polar surface area (TPSA) is 84.3 Å². The second-order valence-electron chi connectivity index (χ2n) is 4.15. The van der Waals surface area contributed by atoms with Crippen molar-refractivity contribution in [3.8, 4) is 0 Å². The number of fused-ring (bicyclic) bond motifs is 1. The quantitative estimate of drug-likeness (QED) is 0.853. The molecule has 0 amide bonds. The molecular weight excluding hydrogens is 246 g/mol. The number of aromatic carboxylic acids is 1. The smallest absolute Gasteiger partial charge is 0.374 e. The summed E-state index contributed by atoms with van der Waals surface area (Å²) in [7, 11) is 1.62. The van der Waals surface area contributed by atoms with Crippen LogP contribution in [-0.4, -0.2) is 40.8 Å². The molecule has 0 aliphatic rings. The predicted molar refractivity (Wildman–Crippen MR) is 71.5 cm³/mol. The zero-order valence-corrected chi connectivity index (χ0v) is 10.8. The van der Waals surface area contributed by atoms with E-state index in [0.717, 1.165) is 5.39 Å². The molecule has 0 spiro atoms. The van der Waals surface area contributed by atoms with Crippen LogP contribution in [0.4, 0.5) is 5.82 Å². The number of anilines is 1. The van der Waals surface area contributed by atoms with E-state index < -0.39 is 5.97 Å². The molecule has 0 fully saturated rings. The minimum atomic E-state index is -1.14. The number of carboxylic acid groups (broad SMARTS) is 1. The molecule has 2 aromatic rings. The van der Waals surface area contributed by atoms with E-state index in [-0.39, 0.29) is 11.9 Å². The summed E-state index contributed by atoms with van der Waals surface area (Å²) >= 11 is 0. The SMILES string of the molecule is COC(C)CNc1nc(C(=O)O)nc2ccccc12. The van der Waals surface area contributed by atoms with Crippen molar-refractivity contribution in [2.75, 3.05) is 19.0 Å². The number of nitrogens with one attached hydrogen (secondary N) is 1. The van der Waals surface area contributed by atoms with E-state index in [4.69, 9.17) is 9.84 Å². The lowest BCUT2D eigenvalue weighted by Crippen LogP contribution is -2.19. The Morgan fingerprint density at radius 1 is 1.42 bits per heavy atom. The summed E-state index contributed by atoms with van der Waals surface area (Å²) in [5.41, 5.74) is 0.600. The molecule has 1 atom stereocenters. The van der Waals surface area contributed by atoms with Gasteiger partial charge in [0.05, 0.1) is 11.6 Å². The van der Waals surface area contributed by atoms with Crippen LogP contribution in [0.25, 0.3) is 10.9 Å². The van der Waals surface area contributed by atoms with Crippen LogP contribution in [0.3, 0.4) is 0 Å². The molecule has 1 aromatic heterocycles. The van der Waals surface area contributed by atoms with Crippen LogP contribution in [0.15, 0.2) is 24.3 Å². The Labute approximate surface area is 110 Å². The fraction of sp³-hybridized carbons (Fsp3) is 0.308. The van der Waals surface area contributed by atoms with Crippen LogP contribution < -0.4 is 5.32 Å². The molecule has 0 saturated heterocycles. The van der Waals surface area contributed by atoms with Crippen molar-refractivity contribution in [3.63, 3.8) is 0 Å². The van der Waals surface area contributed by atoms with Crippen LogP contribution in [0, 0.1) is 0 Å². The third kappa shape index (κ3) is 2.97. The maximum atomic E-state index is 11.0. The lowest BCUT2D eigenvalue weighted by molar-refractivity contribution is 0.0684. The van der Waals surface area contributed by atoms with Gasteiger partial charge in [-0.25, -0.2) is 14.8 Å². The molecule has 6 heteroatoms. The number of rotatable bonds is 5. The number of hydrogen-bond donors (Lipinski definition) is 2. The summed E-state index contributed by atoms with van der Waals surface area (Å²) in [6.07, 6.45) is 0.00186. The number of benzene rings is 1. The zero-order chi connectivity index (χ0) is 13.8. The third-order valence-electron chi connectivity index (χ3n) is 2.75. The standard InChI is InChI=1S/C13H15N3O3/c1-8(19-2)7-14-11-9-5-3-4-6-10(9)15-12(16-11)13(17)18/h3-6,8H,7H2,1-2H3,(H,17,18)(H,14,15,16). The molecule has 100 valence electrons. The van der Waals surface area contributed by atoms with Crippen molar-refractivity contribution in [1.82, 2.24) is 9.97 Å². The first kappa shape index (κ1) is 13.2. The Morgan fingerprint density at radius 2 is 2.16 bits per heavy atom. The average molecular weight is 261 g/mol. The predicted octanol–water partition coefficient (Wildman–Crippen LogP) is 1.77. The summed E-state index contributed by atoms with van der Waals surface area (Å²) in [5, 5.41) is 12.9. The molecule has 0 bridgehead atoms. The molecule has 1 unspecified atom stereocenters. The van der Waals surface area contributed by atoms with E-state index in [1.165, 1.54) is 0 Å². The van der Waals surface area contributed by atoms with Gasteiger partial charge in [-0.15, -0.1) is 0 Å². The average Bonchev–Trinajstić information content (AvgIpc) is 2.43. The minimum Gasteiger partial charge on any atom is -0.475 e. The first-order valence-electron chi connectivity index (χ1n) is 5.88. The summed E-state index contributed by atoms with van der Waals surface area (Å²) in [4.78, 5) is 19.0. The molecule has 2 rings (SSSR count). The molecule has 0 saturated carbocycles. The molecule has 6 nitrogen and oxygen atoms in total. The largest absolute Gasteiger partial charge is 0.475 e. The van der Waals surface area contributed by atoms with Crippen molar-refractivity contribution >= 4 is 22.7 Å². The van der Waals surface area contributed by atoms with Crippen LogP contribution in [0.5, 0.6) is 0 Å². The summed E-state index contributed by atoms with van der Waals surface area (Å²) < 4.78 is 5.14. The minimum absolute atomic E-state index is 0.00186. The van der Waals surface area contributed by atoms with Crippen molar-refractivity contribution in [1.29, 1.82) is 0 Å². The van der Waals surface area contributed by atoms with Crippen LogP contribution in [0.2, 0.25) is 0 Å². The molecular formula is C13H15N3O3. The van der Waals surface area contributed by atoms with Gasteiger partial charge in [0, 0.05) is 19.0 Å². The fourth-order valence-electron chi connectivity index (χ4n) is 1.63. The normalized spacial score (nSPS) is 12.3. The van der Waals surface area contributed by atoms with Gasteiger partial charge in [-0.3, -0.25) is 0 Å². The number of ether oxygens (including phenoxy) is 1. The van der Waals surface area contributed by atoms with Gasteiger partial charge in [0.15, 0.2) is 0 Å². The number of methoxy groups -OCH3 is 1. The number of hydrogen-bond acceptors (Lipinski definition) is 5. The maximum Gasteiger partial charge on any atom is 0.374 e. The Bertz CT molecular complexity index is 601. The Kier molecular flexibility index (Phi) is 3.91. The second-order valence-corrected chi connectivity index (χ2v) is 4.15. The number of para-hydroxylation sites is 1. The van der Waals surface area contributed by atoms with Gasteiger partial charge in [0.25, 0.3) is 0 Å². The number of nitrogens with zero attached hydrogens (tertiary/aromatic N) is 2. The van der Waals surface area contributed by atoms with Crippen LogP contribution >= 0.6 is 0 Å². The van der Waals surface area contributed by atoms with Crippen molar-refractivity contribution in [3.05, 3.63) is 30.1 Å². The van der Waals surface area contributed by atoms with Gasteiger partial charge in [-0.2, -0.15) is 0 Å². The highest BCUT2D eigenvalue weighted by molar-refractivity contribution is 5.93. The van der Waals surface area contributed by atoms with E-state index in [0.29, 0.717) is 17.9 Å². The Balaban J connectivity index is 2.41. The molecule has 0 aliphatic carbocycles. The fourth-order valence-corrected chi connectivity index (χ4v) is 1.63. The van der Waals surface area contributed by atoms with Crippen molar-refractivity contribution < 1.29 is 14.6 Å². The van der Waals surface area contributed by atoms with E-state index >= 15 is 0 Å². The number of carbonyl (C=O) groups is 1. The van der Waals surface area contributed by atoms with Gasteiger partial charge < -0.3 is 15.2 Å². The lowest BCUT2D eigenvalue weighted by Gasteiger charge is -2.13. The molecule has 1 heterocycles. The molecule has 1 aromatic carbocycles. The van der Waals surface area contributed by atoms with Crippen molar-refractivity contribution in [2.24, 2.45) is 0 Å². The van der Waals surface area contributed by atoms with E-state index in [1.54, 1.807) is 13.2 Å². The highest BCUT2D eigenvalue weighted by Gasteiger charge is 2.12. The van der Waals surface area contributed by atoms with Gasteiger partial charge in [-0.1, -0.05) is 12.1 Å². The highest BCUT2D eigenvalue weighted by atomic mass is 16.5. The van der Waals surface area contributed by atoms with Gasteiger partial charge >= 0.3 is 5.97 Å². The van der Waals surface area contributed by atoms with Gasteiger partial charge in [0.1, 0.15) is 5.82 Å². The van der Waals surface area contributed by atoms with Gasteiger partial charge in [-0.05, 0) is 19.1 Å². The molecule has 0 aliphatic heterocycles. The number of aromatic nitrogens is 2. The molecule has 19 heavy (non-hydrogen) atoms. The zero-order valence-electron chi connectivity index (χ0n) is 10.8. The number of carboxylic acids is 1. The first-order valence-corrected chi connectivity index (χ1v) is 5.88. The Hall–Kier alpha value is -2.21. The molecule has 2 N–H and O–H groups in total. The van der Waals surface area contributed by atoms with E-state index in [2.05, 4.69) is 15.3 Å². The maximum absolute atomic E-state index is 11.0. The van der Waals surface area contributed by atoms with Crippen molar-refractivity contribution in [2.45, 2.75) is 13.0 Å². The summed E-state index contributed by atoms with van der Waals surface area (Å²) in [6.45, 7) is 2.45. The van der Waals surface area contributed by atoms with Crippen LogP contribution in [-0.2, 0) is 4.74 Å². The highest BCUT2D eigenvalue weighted by Crippen LogP contribution is 2.20. The third-order valence-corrected chi connectivity index (χ3v) is 2.75. The monoisotopic (exact) mass is 261 g/mol. The molecule has 0 radical (unpaired) electrons. The Morgan fingerprint density at radius 3 is 2.84 bits per heavy atom. The summed E-state index contributed by atoms with van der Waals surface area (Å²) in [5.74, 6) is -0.855. The lowest BCUT2D eigenvalue weighted by atomic mass is 10.2. The van der Waals surface area contributed by atoms with Crippen LogP contribution in [0.1, 0.15) is 17.5 Å². The first-order chi connectivity index (χ1) is 9.11. The summed E-state index contributed by atoms with van der Waals surface area (Å²) in [6, 6.07) is 7.27. The van der Waals surface area contributed by atoms with E-state index in [1.807, 2.05) is 25.1 Å². The van der Waals surface area contributed by atoms with Gasteiger partial charge in [0.2, 0.25) is 5.82 Å². The second kappa shape index (κ2) is 5.62.